The Bertz CT molecular complexity index is 1560. The van der Waals surface area contributed by atoms with Crippen molar-refractivity contribution in [1.82, 2.24) is 31.2 Å². The second-order valence-corrected chi connectivity index (χ2v) is 16.4. The summed E-state index contributed by atoms with van der Waals surface area (Å²) in [5, 5.41) is 11.4. The van der Waals surface area contributed by atoms with Gasteiger partial charge in [-0.3, -0.25) is 33.6 Å². The summed E-state index contributed by atoms with van der Waals surface area (Å²) in [7, 11) is 0. The third-order valence-electron chi connectivity index (χ3n) is 11.3. The van der Waals surface area contributed by atoms with E-state index in [0.717, 1.165) is 32.1 Å². The number of nitrogens with zero attached hydrogens (tertiary/aromatic N) is 1. The number of carbonyl (C=O) groups excluding carboxylic acids is 7. The van der Waals surface area contributed by atoms with Crippen LogP contribution in [0.1, 0.15) is 145 Å². The lowest BCUT2D eigenvalue weighted by Gasteiger charge is -2.40. The molecule has 0 bridgehead atoms. The van der Waals surface area contributed by atoms with Crippen molar-refractivity contribution in [3.63, 3.8) is 0 Å². The summed E-state index contributed by atoms with van der Waals surface area (Å²) >= 11 is 0. The molecule has 2 saturated carbocycles. The molecule has 7 atom stereocenters. The van der Waals surface area contributed by atoms with Crippen LogP contribution in [0.5, 0.6) is 0 Å². The molecule has 288 valence electrons. The van der Waals surface area contributed by atoms with Gasteiger partial charge in [0.25, 0.3) is 11.8 Å². The minimum Gasteiger partial charge on any atom is -0.354 e. The van der Waals surface area contributed by atoms with E-state index in [4.69, 9.17) is 0 Å². The summed E-state index contributed by atoms with van der Waals surface area (Å²) in [4.78, 5) is 99.6. The van der Waals surface area contributed by atoms with Gasteiger partial charge in [0.05, 0.1) is 11.6 Å². The van der Waals surface area contributed by atoms with E-state index in [0.29, 0.717) is 36.9 Å². The van der Waals surface area contributed by atoms with Crippen molar-refractivity contribution in [2.45, 2.75) is 163 Å². The maximum absolute atomic E-state index is 14.8. The minimum atomic E-state index is -1.06. The summed E-state index contributed by atoms with van der Waals surface area (Å²) in [5.74, 6) is -3.92. The first-order valence-electron chi connectivity index (χ1n) is 19.2. The number of Topliss-reactive ketones (excluding diaryl/α,β-unsaturated/α-hetero) is 2. The zero-order valence-electron chi connectivity index (χ0n) is 32.5. The highest BCUT2D eigenvalue weighted by Crippen LogP contribution is 2.41. The Morgan fingerprint density at radius 1 is 0.923 bits per heavy atom. The number of hydrogen-bond acceptors (Lipinski definition) is 7. The van der Waals surface area contributed by atoms with Gasteiger partial charge in [-0.05, 0) is 82.1 Å². The van der Waals surface area contributed by atoms with Gasteiger partial charge in [-0.2, -0.15) is 0 Å². The van der Waals surface area contributed by atoms with E-state index in [1.807, 2.05) is 41.5 Å². The van der Waals surface area contributed by atoms with E-state index in [2.05, 4.69) is 26.3 Å². The number of ketones is 2. The van der Waals surface area contributed by atoms with Gasteiger partial charge < -0.3 is 31.2 Å². The fourth-order valence-corrected chi connectivity index (χ4v) is 7.75. The van der Waals surface area contributed by atoms with Gasteiger partial charge in [0, 0.05) is 17.8 Å². The van der Waals surface area contributed by atoms with E-state index in [-0.39, 0.29) is 47.4 Å². The summed E-state index contributed by atoms with van der Waals surface area (Å²) in [6.45, 7) is 16.1. The van der Waals surface area contributed by atoms with Gasteiger partial charge in [0.1, 0.15) is 23.8 Å². The van der Waals surface area contributed by atoms with Crippen molar-refractivity contribution in [3.8, 4) is 0 Å². The standard InChI is InChI=1S/C39H60N6O7/c1-10-14-26(32(47)37(51)41-25-17-18-25)42-34(48)28-19-24-15-12-13-16-27(24)45(28)38(52)33(39(7,8)9)44-35(49)30(20(3)11-2)43-36(50)31-29(23(6)46)21(4)22(5)40-31/h20,24-28,30,33,40H,10-19H2,1-9H3,(H,41,51)(H,42,48)(H,43,50)(H,44,49)/t20-,24-,26-,27-,28-,30?,33+/m0/s1. The molecule has 52 heavy (non-hydrogen) atoms. The fraction of sp³-hybridized carbons (Fsp3) is 0.718. The Kier molecular flexibility index (Phi) is 13.1. The predicted molar refractivity (Wildman–Crippen MR) is 196 cm³/mol. The first kappa shape index (κ1) is 40.7. The highest BCUT2D eigenvalue weighted by Gasteiger charge is 2.51. The van der Waals surface area contributed by atoms with Crippen molar-refractivity contribution < 1.29 is 33.6 Å². The van der Waals surface area contributed by atoms with E-state index in [1.165, 1.54) is 6.92 Å². The lowest BCUT2D eigenvalue weighted by molar-refractivity contribution is -0.147. The molecule has 5 N–H and O–H groups in total. The van der Waals surface area contributed by atoms with Crippen LogP contribution in [0.25, 0.3) is 0 Å². The molecule has 2 heterocycles. The van der Waals surface area contributed by atoms with Crippen molar-refractivity contribution in [3.05, 3.63) is 22.5 Å². The zero-order valence-corrected chi connectivity index (χ0v) is 32.5. The third-order valence-corrected chi connectivity index (χ3v) is 11.3. The molecule has 1 unspecified atom stereocenters. The quantitative estimate of drug-likeness (QED) is 0.134. The van der Waals surface area contributed by atoms with Crippen LogP contribution in [0.2, 0.25) is 0 Å². The average Bonchev–Trinajstić information content (AvgIpc) is 3.73. The molecule has 1 aliphatic heterocycles. The third kappa shape index (κ3) is 9.12. The van der Waals surface area contributed by atoms with Crippen LogP contribution in [0.3, 0.4) is 0 Å². The lowest BCUT2D eigenvalue weighted by atomic mass is 9.83. The molecule has 0 spiro atoms. The van der Waals surface area contributed by atoms with Gasteiger partial charge in [-0.25, -0.2) is 0 Å². The van der Waals surface area contributed by atoms with Crippen molar-refractivity contribution in [2.75, 3.05) is 0 Å². The number of hydrogen-bond donors (Lipinski definition) is 5. The fourth-order valence-electron chi connectivity index (χ4n) is 7.75. The Morgan fingerprint density at radius 2 is 1.58 bits per heavy atom. The van der Waals surface area contributed by atoms with E-state index in [9.17, 15) is 33.6 Å². The molecule has 3 fully saturated rings. The number of rotatable bonds is 15. The monoisotopic (exact) mass is 724 g/mol. The molecule has 1 aromatic heterocycles. The maximum Gasteiger partial charge on any atom is 0.289 e. The maximum atomic E-state index is 14.8. The Morgan fingerprint density at radius 3 is 2.15 bits per heavy atom. The number of fused-ring (bicyclic) bond motifs is 1. The summed E-state index contributed by atoms with van der Waals surface area (Å²) in [5.41, 5.74) is 0.911. The number of aryl methyl sites for hydroxylation is 1. The number of aromatic amines is 1. The molecular weight excluding hydrogens is 664 g/mol. The van der Waals surface area contributed by atoms with Crippen molar-refractivity contribution >= 4 is 41.1 Å². The van der Waals surface area contributed by atoms with E-state index >= 15 is 0 Å². The normalized spacial score (nSPS) is 22.3. The Hall–Kier alpha value is -4.03. The van der Waals surface area contributed by atoms with Gasteiger partial charge in [0.2, 0.25) is 23.5 Å². The lowest BCUT2D eigenvalue weighted by Crippen LogP contribution is -2.63. The van der Waals surface area contributed by atoms with Crippen molar-refractivity contribution in [1.29, 1.82) is 0 Å². The Balaban J connectivity index is 1.60. The van der Waals surface area contributed by atoms with Crippen LogP contribution in [0.15, 0.2) is 0 Å². The van der Waals surface area contributed by atoms with Crippen molar-refractivity contribution in [2.24, 2.45) is 17.3 Å². The molecule has 3 aliphatic rings. The van der Waals surface area contributed by atoms with Crippen LogP contribution in [0, 0.1) is 31.1 Å². The highest BCUT2D eigenvalue weighted by atomic mass is 16.2. The van der Waals surface area contributed by atoms with E-state index < -0.39 is 64.9 Å². The molecule has 0 radical (unpaired) electrons. The summed E-state index contributed by atoms with van der Waals surface area (Å²) in [6, 6.07) is -4.19. The number of carbonyl (C=O) groups is 7. The number of H-pyrrole nitrogens is 1. The molecule has 1 aromatic rings. The Labute approximate surface area is 307 Å². The molecule has 13 nitrogen and oxygen atoms in total. The molecule has 2 aliphatic carbocycles. The molecule has 1 saturated heterocycles. The van der Waals surface area contributed by atoms with Crippen LogP contribution < -0.4 is 21.3 Å². The predicted octanol–water partition coefficient (Wildman–Crippen LogP) is 3.80. The van der Waals surface area contributed by atoms with E-state index in [1.54, 1.807) is 18.7 Å². The summed E-state index contributed by atoms with van der Waals surface area (Å²) in [6.07, 6.45) is 6.92. The number of amides is 5. The SMILES string of the molecule is CCC[C@H](NC(=O)[C@@H]1C[C@@H]2CCCC[C@@H]2N1C(=O)[C@@H](NC(=O)C(NC(=O)c1[nH]c(C)c(C)c1C(C)=O)[C@@H](C)CC)C(C)(C)C)C(=O)C(=O)NC1CC1. The highest BCUT2D eigenvalue weighted by molar-refractivity contribution is 6.38. The van der Waals surface area contributed by atoms with Gasteiger partial charge in [0.15, 0.2) is 5.78 Å². The first-order valence-corrected chi connectivity index (χ1v) is 19.2. The smallest absolute Gasteiger partial charge is 0.289 e. The van der Waals surface area contributed by atoms with Gasteiger partial charge in [-0.15, -0.1) is 0 Å². The molecule has 5 amide bonds. The van der Waals surface area contributed by atoms with Crippen LogP contribution in [0.4, 0.5) is 0 Å². The first-order chi connectivity index (χ1) is 24.4. The van der Waals surface area contributed by atoms with Gasteiger partial charge >= 0.3 is 0 Å². The minimum absolute atomic E-state index is 0.00171. The second-order valence-electron chi connectivity index (χ2n) is 16.4. The topological polar surface area (TPSA) is 187 Å². The van der Waals surface area contributed by atoms with Crippen LogP contribution in [-0.4, -0.2) is 87.2 Å². The molecule has 0 aromatic carbocycles. The average molecular weight is 725 g/mol. The summed E-state index contributed by atoms with van der Waals surface area (Å²) < 4.78 is 0. The number of aromatic nitrogens is 1. The number of nitrogens with one attached hydrogen (secondary N) is 5. The molecule has 4 rings (SSSR count). The van der Waals surface area contributed by atoms with Crippen LogP contribution >= 0.6 is 0 Å². The van der Waals surface area contributed by atoms with Gasteiger partial charge in [-0.1, -0.05) is 67.2 Å². The largest absolute Gasteiger partial charge is 0.354 e. The second kappa shape index (κ2) is 16.8. The molecular formula is C39H60N6O7. The molecule has 13 heteroatoms. The number of likely N-dealkylation sites (tertiary alicyclic amines) is 1. The van der Waals surface area contributed by atoms with Crippen LogP contribution in [-0.2, 0) is 24.0 Å². The zero-order chi connectivity index (χ0) is 38.7.